The number of sulfonamides is 1. The summed E-state index contributed by atoms with van der Waals surface area (Å²) in [4.78, 5) is 15.0. The maximum absolute atomic E-state index is 12.0. The number of carboxylic acid groups (broad SMARTS) is 1. The number of aromatic nitrogens is 1. The summed E-state index contributed by atoms with van der Waals surface area (Å²) in [7, 11) is -3.84. The molecule has 1 heterocycles. The summed E-state index contributed by atoms with van der Waals surface area (Å²) < 4.78 is 26.2. The topological polar surface area (TPSA) is 96.4 Å². The van der Waals surface area contributed by atoms with Crippen LogP contribution in [0.15, 0.2) is 10.4 Å². The highest BCUT2D eigenvalue weighted by Crippen LogP contribution is 2.23. The van der Waals surface area contributed by atoms with Crippen LogP contribution in [0.5, 0.6) is 0 Å². The highest BCUT2D eigenvalue weighted by molar-refractivity contribution is 7.91. The maximum atomic E-state index is 12.0. The molecule has 18 heavy (non-hydrogen) atoms. The lowest BCUT2D eigenvalue weighted by Crippen LogP contribution is -2.48. The summed E-state index contributed by atoms with van der Waals surface area (Å²) in [6.07, 6.45) is 1.23. The molecule has 0 aliphatic rings. The highest BCUT2D eigenvalue weighted by atomic mass is 32.2. The second kappa shape index (κ2) is 4.94. The SMILES string of the molecule is Cc1ncc(S(=O)(=O)N[C@@H](C(=O)O)C(C)(C)C)s1. The normalized spacial score (nSPS) is 14.4. The molecular weight excluding hydrogens is 276 g/mol. The van der Waals surface area contributed by atoms with Crippen molar-refractivity contribution in [1.82, 2.24) is 9.71 Å². The van der Waals surface area contributed by atoms with Gasteiger partial charge in [0.1, 0.15) is 6.04 Å². The van der Waals surface area contributed by atoms with Crippen molar-refractivity contribution in [2.24, 2.45) is 5.41 Å². The Kier molecular flexibility index (Phi) is 4.14. The molecule has 0 radical (unpaired) electrons. The minimum absolute atomic E-state index is 0.0236. The molecule has 0 bridgehead atoms. The summed E-state index contributed by atoms with van der Waals surface area (Å²) in [6.45, 7) is 6.66. The van der Waals surface area contributed by atoms with Crippen LogP contribution in [-0.4, -0.2) is 30.5 Å². The van der Waals surface area contributed by atoms with Crippen LogP contribution in [-0.2, 0) is 14.8 Å². The molecule has 1 atom stereocenters. The Morgan fingerprint density at radius 3 is 2.39 bits per heavy atom. The summed E-state index contributed by atoms with van der Waals surface area (Å²) in [5.74, 6) is -1.20. The molecule has 1 aromatic rings. The van der Waals surface area contributed by atoms with Crippen molar-refractivity contribution < 1.29 is 18.3 Å². The quantitative estimate of drug-likeness (QED) is 0.870. The van der Waals surface area contributed by atoms with Gasteiger partial charge in [0, 0.05) is 0 Å². The molecular formula is C10H16N2O4S2. The van der Waals surface area contributed by atoms with E-state index in [2.05, 4.69) is 9.71 Å². The van der Waals surface area contributed by atoms with Crippen molar-refractivity contribution >= 4 is 27.3 Å². The van der Waals surface area contributed by atoms with Crippen molar-refractivity contribution in [3.05, 3.63) is 11.2 Å². The number of aliphatic carboxylic acids is 1. The first-order chi connectivity index (χ1) is 8.04. The van der Waals surface area contributed by atoms with E-state index >= 15 is 0 Å². The molecule has 0 spiro atoms. The molecule has 0 saturated heterocycles. The molecule has 0 amide bonds. The maximum Gasteiger partial charge on any atom is 0.322 e. The zero-order chi connectivity index (χ0) is 14.1. The number of rotatable bonds is 4. The number of thiazole rings is 1. The molecule has 0 aromatic carbocycles. The van der Waals surface area contributed by atoms with E-state index < -0.39 is 27.4 Å². The van der Waals surface area contributed by atoms with Gasteiger partial charge in [-0.15, -0.1) is 11.3 Å². The van der Waals surface area contributed by atoms with E-state index in [4.69, 9.17) is 5.11 Å². The summed E-state index contributed by atoms with van der Waals surface area (Å²) >= 11 is 1.00. The van der Waals surface area contributed by atoms with E-state index in [0.717, 1.165) is 11.3 Å². The molecule has 1 rings (SSSR count). The van der Waals surface area contributed by atoms with Crippen LogP contribution in [0.1, 0.15) is 25.8 Å². The Morgan fingerprint density at radius 1 is 1.50 bits per heavy atom. The van der Waals surface area contributed by atoms with Gasteiger partial charge >= 0.3 is 5.97 Å². The number of aryl methyl sites for hydroxylation is 1. The monoisotopic (exact) mass is 292 g/mol. The van der Waals surface area contributed by atoms with Gasteiger partial charge in [0.15, 0.2) is 4.21 Å². The zero-order valence-corrected chi connectivity index (χ0v) is 12.2. The molecule has 0 aliphatic carbocycles. The van der Waals surface area contributed by atoms with Gasteiger partial charge in [0.05, 0.1) is 11.2 Å². The van der Waals surface area contributed by atoms with Crippen molar-refractivity contribution in [3.63, 3.8) is 0 Å². The van der Waals surface area contributed by atoms with Crippen LogP contribution in [0.2, 0.25) is 0 Å². The molecule has 0 fully saturated rings. The molecule has 1 aromatic heterocycles. The number of carbonyl (C=O) groups is 1. The van der Waals surface area contributed by atoms with E-state index in [1.807, 2.05) is 0 Å². The van der Waals surface area contributed by atoms with Crippen LogP contribution in [0, 0.1) is 12.3 Å². The van der Waals surface area contributed by atoms with Crippen LogP contribution in [0.4, 0.5) is 0 Å². The van der Waals surface area contributed by atoms with Crippen molar-refractivity contribution in [2.75, 3.05) is 0 Å². The van der Waals surface area contributed by atoms with Crippen LogP contribution < -0.4 is 4.72 Å². The molecule has 2 N–H and O–H groups in total. The number of nitrogens with zero attached hydrogens (tertiary/aromatic N) is 1. The number of hydrogen-bond donors (Lipinski definition) is 2. The predicted octanol–water partition coefficient (Wildman–Crippen LogP) is 1.23. The molecule has 0 saturated carbocycles. The number of nitrogens with one attached hydrogen (secondary N) is 1. The lowest BCUT2D eigenvalue weighted by atomic mass is 9.88. The Bertz CT molecular complexity index is 542. The third-order valence-corrected chi connectivity index (χ3v) is 5.05. The third kappa shape index (κ3) is 3.50. The van der Waals surface area contributed by atoms with Gasteiger partial charge in [0.25, 0.3) is 10.0 Å². The first-order valence-electron chi connectivity index (χ1n) is 5.21. The highest BCUT2D eigenvalue weighted by Gasteiger charge is 2.35. The summed E-state index contributed by atoms with van der Waals surface area (Å²) in [5.41, 5.74) is -0.724. The summed E-state index contributed by atoms with van der Waals surface area (Å²) in [5, 5.41) is 9.69. The smallest absolute Gasteiger partial charge is 0.322 e. The molecule has 8 heteroatoms. The van der Waals surface area contributed by atoms with Gasteiger partial charge in [-0.2, -0.15) is 4.72 Å². The van der Waals surface area contributed by atoms with Crippen LogP contribution >= 0.6 is 11.3 Å². The largest absolute Gasteiger partial charge is 0.480 e. The van der Waals surface area contributed by atoms with E-state index in [1.165, 1.54) is 6.20 Å². The van der Waals surface area contributed by atoms with Gasteiger partial charge in [-0.3, -0.25) is 4.79 Å². The third-order valence-electron chi connectivity index (χ3n) is 2.25. The average molecular weight is 292 g/mol. The number of hydrogen-bond acceptors (Lipinski definition) is 5. The van der Waals surface area contributed by atoms with Gasteiger partial charge < -0.3 is 5.11 Å². The lowest BCUT2D eigenvalue weighted by molar-refractivity contribution is -0.141. The molecule has 102 valence electrons. The van der Waals surface area contributed by atoms with Crippen molar-refractivity contribution in [3.8, 4) is 0 Å². The minimum atomic E-state index is -3.84. The van der Waals surface area contributed by atoms with E-state index in [-0.39, 0.29) is 4.21 Å². The first-order valence-corrected chi connectivity index (χ1v) is 7.51. The van der Waals surface area contributed by atoms with Gasteiger partial charge in [-0.05, 0) is 12.3 Å². The van der Waals surface area contributed by atoms with E-state index in [0.29, 0.717) is 5.01 Å². The number of carboxylic acids is 1. The van der Waals surface area contributed by atoms with Crippen molar-refractivity contribution in [1.29, 1.82) is 0 Å². The standard InChI is InChI=1S/C10H16N2O4S2/c1-6-11-5-7(17-6)18(15,16)12-8(9(13)14)10(2,3)4/h5,8,12H,1-4H3,(H,13,14)/t8-/m0/s1. The van der Waals surface area contributed by atoms with Crippen molar-refractivity contribution in [2.45, 2.75) is 37.9 Å². The van der Waals surface area contributed by atoms with E-state index in [9.17, 15) is 13.2 Å². The van der Waals surface area contributed by atoms with Gasteiger partial charge in [0.2, 0.25) is 0 Å². The molecule has 0 unspecified atom stereocenters. The first kappa shape index (κ1) is 15.1. The predicted molar refractivity (Wildman–Crippen MR) is 68.1 cm³/mol. The average Bonchev–Trinajstić information content (AvgIpc) is 2.60. The van der Waals surface area contributed by atoms with Crippen LogP contribution in [0.3, 0.4) is 0 Å². The summed E-state index contributed by atoms with van der Waals surface area (Å²) in [6, 6.07) is -1.19. The Hall–Kier alpha value is -0.990. The fourth-order valence-electron chi connectivity index (χ4n) is 1.28. The Morgan fingerprint density at radius 2 is 2.06 bits per heavy atom. The Balaban J connectivity index is 3.05. The van der Waals surface area contributed by atoms with Gasteiger partial charge in [-0.25, -0.2) is 13.4 Å². The fourth-order valence-corrected chi connectivity index (χ4v) is 3.80. The minimum Gasteiger partial charge on any atom is -0.480 e. The second-order valence-electron chi connectivity index (χ2n) is 4.96. The zero-order valence-electron chi connectivity index (χ0n) is 10.6. The Labute approximate surface area is 110 Å². The fraction of sp³-hybridized carbons (Fsp3) is 0.600. The molecule has 0 aliphatic heterocycles. The van der Waals surface area contributed by atoms with Crippen LogP contribution in [0.25, 0.3) is 0 Å². The van der Waals surface area contributed by atoms with Gasteiger partial charge in [-0.1, -0.05) is 20.8 Å². The second-order valence-corrected chi connectivity index (χ2v) is 8.13. The van der Waals surface area contributed by atoms with E-state index in [1.54, 1.807) is 27.7 Å². The lowest BCUT2D eigenvalue weighted by Gasteiger charge is -2.27. The molecule has 6 nitrogen and oxygen atoms in total.